The molecule has 1 saturated carbocycles. The molecule has 10 nitrogen and oxygen atoms in total. The third kappa shape index (κ3) is 4.60. The van der Waals surface area contributed by atoms with Crippen LogP contribution in [0.4, 0.5) is 11.6 Å². The third-order valence-corrected chi connectivity index (χ3v) is 6.97. The van der Waals surface area contributed by atoms with E-state index in [4.69, 9.17) is 4.18 Å². The summed E-state index contributed by atoms with van der Waals surface area (Å²) in [6.07, 6.45) is 3.61. The van der Waals surface area contributed by atoms with Crippen molar-refractivity contribution in [3.05, 3.63) is 59.9 Å². The number of hydrogen-bond acceptors (Lipinski definition) is 7. The molecule has 176 valence electrons. The lowest BCUT2D eigenvalue weighted by Crippen LogP contribution is -2.14. The van der Waals surface area contributed by atoms with E-state index in [9.17, 15) is 13.2 Å². The summed E-state index contributed by atoms with van der Waals surface area (Å²) in [4.78, 5) is 19.3. The van der Waals surface area contributed by atoms with Crippen LogP contribution in [0.2, 0.25) is 0 Å². The summed E-state index contributed by atoms with van der Waals surface area (Å²) in [5.74, 6) is 0.447. The molecule has 34 heavy (non-hydrogen) atoms. The average molecular weight is 481 g/mol. The van der Waals surface area contributed by atoms with Crippen LogP contribution in [0.5, 0.6) is 5.75 Å². The van der Waals surface area contributed by atoms with Crippen LogP contribution in [-0.4, -0.2) is 34.5 Å². The fraction of sp³-hybridized carbons (Fsp3) is 0.261. The molecule has 11 heteroatoms. The normalized spacial score (nSPS) is 14.6. The molecule has 5 rings (SSSR count). The number of imidazole rings is 1. The Balaban J connectivity index is 1.27. The van der Waals surface area contributed by atoms with Crippen molar-refractivity contribution in [3.63, 3.8) is 0 Å². The molecule has 4 aromatic rings. The van der Waals surface area contributed by atoms with Gasteiger partial charge in [-0.1, -0.05) is 0 Å². The minimum absolute atomic E-state index is 0.00279. The number of nitrogens with one attached hydrogen (secondary N) is 4. The Bertz CT molecular complexity index is 1450. The quantitative estimate of drug-likeness (QED) is 0.280. The lowest BCUT2D eigenvalue weighted by atomic mass is 10.1. The van der Waals surface area contributed by atoms with Gasteiger partial charge in [0.05, 0.1) is 22.8 Å². The number of aromatic amines is 2. The number of amides is 1. The molecular weight excluding hydrogens is 456 g/mol. The Morgan fingerprint density at radius 1 is 1.18 bits per heavy atom. The van der Waals surface area contributed by atoms with E-state index in [-0.39, 0.29) is 28.5 Å². The van der Waals surface area contributed by atoms with Crippen molar-refractivity contribution < 1.29 is 17.4 Å². The highest BCUT2D eigenvalue weighted by Gasteiger charge is 2.30. The van der Waals surface area contributed by atoms with E-state index in [1.165, 1.54) is 24.3 Å². The first-order chi connectivity index (χ1) is 16.3. The number of carbonyl (C=O) groups excluding carboxylic acids is 1. The summed E-state index contributed by atoms with van der Waals surface area (Å²) in [7, 11) is -4.04. The van der Waals surface area contributed by atoms with Gasteiger partial charge in [0.1, 0.15) is 10.6 Å². The van der Waals surface area contributed by atoms with Gasteiger partial charge in [-0.2, -0.15) is 13.5 Å². The molecule has 4 N–H and O–H groups in total. The van der Waals surface area contributed by atoms with Gasteiger partial charge in [0.2, 0.25) is 11.9 Å². The number of anilines is 2. The standard InChI is InChI=1S/C23H24N6O4S/c1-13(19-12-24-29-14(19)2)25-16-5-8-18(9-6-16)34(31,32)33-17-7-10-20-21(11-17)27-23(26-20)28-22(30)15-3-4-15/h5-13,15,25H,3-4H2,1-2H3,(H,24,29)(H2,26,27,28,30). The molecule has 0 aliphatic heterocycles. The highest BCUT2D eigenvalue weighted by Crippen LogP contribution is 2.30. The fourth-order valence-electron chi connectivity index (χ4n) is 3.69. The Morgan fingerprint density at radius 3 is 2.62 bits per heavy atom. The van der Waals surface area contributed by atoms with Gasteiger partial charge in [0.15, 0.2) is 0 Å². The molecule has 1 aliphatic carbocycles. The highest BCUT2D eigenvalue weighted by atomic mass is 32.2. The number of H-pyrrole nitrogens is 2. The van der Waals surface area contributed by atoms with Gasteiger partial charge < -0.3 is 14.5 Å². The molecule has 0 spiro atoms. The summed E-state index contributed by atoms with van der Waals surface area (Å²) in [5, 5.41) is 13.0. The number of rotatable bonds is 8. The molecule has 1 aliphatic rings. The first-order valence-electron chi connectivity index (χ1n) is 10.9. The lowest BCUT2D eigenvalue weighted by molar-refractivity contribution is -0.117. The SMILES string of the molecule is Cc1n[nH]cc1C(C)Nc1ccc(S(=O)(=O)Oc2ccc3[nH]c(NC(=O)C4CC4)nc3c2)cc1. The van der Waals surface area contributed by atoms with Crippen molar-refractivity contribution in [2.45, 2.75) is 37.6 Å². The Labute approximate surface area is 196 Å². The summed E-state index contributed by atoms with van der Waals surface area (Å²) >= 11 is 0. The van der Waals surface area contributed by atoms with Gasteiger partial charge in [0.25, 0.3) is 0 Å². The lowest BCUT2D eigenvalue weighted by Gasteiger charge is -2.15. The summed E-state index contributed by atoms with van der Waals surface area (Å²) in [5.41, 5.74) is 3.85. The first kappa shape index (κ1) is 22.0. The van der Waals surface area contributed by atoms with E-state index in [2.05, 4.69) is 30.8 Å². The first-order valence-corrected chi connectivity index (χ1v) is 12.3. The topological polar surface area (TPSA) is 142 Å². The van der Waals surface area contributed by atoms with Crippen LogP contribution < -0.4 is 14.8 Å². The van der Waals surface area contributed by atoms with Crippen molar-refractivity contribution in [2.24, 2.45) is 5.92 Å². The number of carbonyl (C=O) groups is 1. The van der Waals surface area contributed by atoms with E-state index < -0.39 is 10.1 Å². The molecule has 1 amide bonds. The third-order valence-electron chi connectivity index (χ3n) is 5.71. The fourth-order valence-corrected chi connectivity index (χ4v) is 4.61. The maximum absolute atomic E-state index is 12.8. The predicted molar refractivity (Wildman–Crippen MR) is 127 cm³/mol. The van der Waals surface area contributed by atoms with Crippen LogP contribution >= 0.6 is 0 Å². The summed E-state index contributed by atoms with van der Waals surface area (Å²) < 4.78 is 30.9. The van der Waals surface area contributed by atoms with E-state index in [0.717, 1.165) is 29.8 Å². The largest absolute Gasteiger partial charge is 0.379 e. The second-order valence-electron chi connectivity index (χ2n) is 8.38. The van der Waals surface area contributed by atoms with Crippen molar-refractivity contribution in [1.82, 2.24) is 20.2 Å². The molecule has 1 fully saturated rings. The Kier molecular flexibility index (Phi) is 5.48. The minimum Gasteiger partial charge on any atom is -0.379 e. The molecular formula is C23H24N6O4S. The molecule has 2 heterocycles. The summed E-state index contributed by atoms with van der Waals surface area (Å²) in [6.45, 7) is 3.92. The summed E-state index contributed by atoms with van der Waals surface area (Å²) in [6, 6.07) is 11.1. The average Bonchev–Trinajstić information content (AvgIpc) is 3.45. The number of aryl methyl sites for hydroxylation is 1. The number of fused-ring (bicyclic) bond motifs is 1. The monoisotopic (exact) mass is 480 g/mol. The zero-order valence-electron chi connectivity index (χ0n) is 18.6. The molecule has 0 saturated heterocycles. The van der Waals surface area contributed by atoms with E-state index in [1.807, 2.05) is 20.0 Å². The van der Waals surface area contributed by atoms with Crippen LogP contribution in [0.15, 0.2) is 53.6 Å². The van der Waals surface area contributed by atoms with Crippen molar-refractivity contribution in [3.8, 4) is 5.75 Å². The smallest absolute Gasteiger partial charge is 0.339 e. The zero-order valence-corrected chi connectivity index (χ0v) is 19.4. The minimum atomic E-state index is -4.04. The second kappa shape index (κ2) is 8.49. The molecule has 0 bridgehead atoms. The second-order valence-corrected chi connectivity index (χ2v) is 9.93. The maximum Gasteiger partial charge on any atom is 0.339 e. The van der Waals surface area contributed by atoms with Gasteiger partial charge in [-0.3, -0.25) is 15.2 Å². The van der Waals surface area contributed by atoms with Crippen LogP contribution in [0.3, 0.4) is 0 Å². The van der Waals surface area contributed by atoms with Gasteiger partial charge >= 0.3 is 10.1 Å². The molecule has 2 aromatic heterocycles. The van der Waals surface area contributed by atoms with Crippen molar-refractivity contribution in [1.29, 1.82) is 0 Å². The van der Waals surface area contributed by atoms with Crippen molar-refractivity contribution >= 4 is 38.7 Å². The predicted octanol–water partition coefficient (Wildman–Crippen LogP) is 3.88. The van der Waals surface area contributed by atoms with Gasteiger partial charge in [-0.25, -0.2) is 4.98 Å². The number of benzene rings is 2. The molecule has 1 atom stereocenters. The van der Waals surface area contributed by atoms with Crippen molar-refractivity contribution in [2.75, 3.05) is 10.6 Å². The van der Waals surface area contributed by atoms with Gasteiger partial charge in [0, 0.05) is 29.4 Å². The van der Waals surface area contributed by atoms with E-state index in [1.54, 1.807) is 18.2 Å². The van der Waals surface area contributed by atoms with E-state index in [0.29, 0.717) is 17.0 Å². The van der Waals surface area contributed by atoms with Gasteiger partial charge in [-0.15, -0.1) is 0 Å². The number of hydrogen-bond donors (Lipinski definition) is 4. The maximum atomic E-state index is 12.8. The van der Waals surface area contributed by atoms with Gasteiger partial charge in [-0.05, 0) is 63.1 Å². The Morgan fingerprint density at radius 2 is 1.94 bits per heavy atom. The molecule has 1 unspecified atom stereocenters. The Hall–Kier alpha value is -3.86. The number of nitrogens with zero attached hydrogens (tertiary/aromatic N) is 2. The zero-order chi connectivity index (χ0) is 23.9. The molecule has 0 radical (unpaired) electrons. The van der Waals surface area contributed by atoms with Crippen LogP contribution in [0.25, 0.3) is 11.0 Å². The number of aromatic nitrogens is 4. The highest BCUT2D eigenvalue weighted by molar-refractivity contribution is 7.87. The van der Waals surface area contributed by atoms with Crippen LogP contribution in [0, 0.1) is 12.8 Å². The van der Waals surface area contributed by atoms with E-state index >= 15 is 0 Å². The van der Waals surface area contributed by atoms with Crippen LogP contribution in [-0.2, 0) is 14.9 Å². The van der Waals surface area contributed by atoms with Crippen LogP contribution in [0.1, 0.15) is 37.1 Å². The molecule has 2 aromatic carbocycles.